The van der Waals surface area contributed by atoms with Crippen LogP contribution in [0.25, 0.3) is 16.8 Å². The maximum absolute atomic E-state index is 13.2. The number of aromatic nitrogens is 4. The van der Waals surface area contributed by atoms with E-state index in [9.17, 15) is 13.2 Å². The van der Waals surface area contributed by atoms with Gasteiger partial charge in [-0.05, 0) is 79.5 Å². The SMILES string of the molecule is Cc1ccc(-c2cc(C(=O)N[C@H](C)CN3CCC(S(C)(=O)=O)CC3)cc(-n3cnnn3)c2)cc1. The molecule has 1 N–H and O–H groups in total. The predicted octanol–water partition coefficient (Wildman–Crippen LogP) is 2.27. The van der Waals surface area contributed by atoms with Crippen LogP contribution >= 0.6 is 0 Å². The number of hydrogen-bond acceptors (Lipinski definition) is 7. The fourth-order valence-corrected chi connectivity index (χ4v) is 5.39. The Balaban J connectivity index is 1.48. The summed E-state index contributed by atoms with van der Waals surface area (Å²) in [4.78, 5) is 15.4. The van der Waals surface area contributed by atoms with Gasteiger partial charge < -0.3 is 10.2 Å². The lowest BCUT2D eigenvalue weighted by Gasteiger charge is -2.32. The summed E-state index contributed by atoms with van der Waals surface area (Å²) in [6.07, 6.45) is 4.07. The quantitative estimate of drug-likeness (QED) is 0.550. The van der Waals surface area contributed by atoms with E-state index in [0.29, 0.717) is 43.7 Å². The van der Waals surface area contributed by atoms with Gasteiger partial charge in [-0.25, -0.2) is 13.1 Å². The number of aryl methyl sites for hydroxylation is 1. The minimum absolute atomic E-state index is 0.0956. The van der Waals surface area contributed by atoms with Crippen molar-refractivity contribution in [2.45, 2.75) is 38.0 Å². The fraction of sp³-hybridized carbons (Fsp3) is 0.417. The molecule has 0 saturated carbocycles. The second-order valence-electron chi connectivity index (χ2n) is 9.09. The molecule has 2 aromatic carbocycles. The minimum Gasteiger partial charge on any atom is -0.348 e. The van der Waals surface area contributed by atoms with Crippen LogP contribution in [0.5, 0.6) is 0 Å². The van der Waals surface area contributed by atoms with Crippen molar-refractivity contribution in [1.82, 2.24) is 30.4 Å². The molecule has 0 radical (unpaired) electrons. The van der Waals surface area contributed by atoms with E-state index in [0.717, 1.165) is 16.7 Å². The molecule has 1 aliphatic rings. The molecule has 1 saturated heterocycles. The standard InChI is InChI=1S/C24H30N6O3S/c1-17-4-6-19(7-5-17)20-12-21(14-22(13-20)30-16-25-27-28-30)24(31)26-18(2)15-29-10-8-23(9-11-29)34(3,32)33/h4-7,12-14,16,18,23H,8-11,15H2,1-3H3,(H,26,31)/t18-/m1/s1. The third kappa shape index (κ3) is 5.87. The number of tetrazole rings is 1. The first-order chi connectivity index (χ1) is 16.2. The summed E-state index contributed by atoms with van der Waals surface area (Å²) in [5.74, 6) is -0.179. The van der Waals surface area contributed by atoms with Crippen LogP contribution < -0.4 is 5.32 Å². The third-order valence-electron chi connectivity index (χ3n) is 6.23. The Morgan fingerprint density at radius 3 is 2.44 bits per heavy atom. The van der Waals surface area contributed by atoms with Gasteiger partial charge in [0.1, 0.15) is 16.2 Å². The van der Waals surface area contributed by atoms with E-state index in [1.165, 1.54) is 17.3 Å². The number of rotatable bonds is 7. The van der Waals surface area contributed by atoms with E-state index in [-0.39, 0.29) is 17.2 Å². The van der Waals surface area contributed by atoms with Crippen LogP contribution in [-0.4, -0.2) is 76.6 Å². The van der Waals surface area contributed by atoms with Crippen molar-refractivity contribution < 1.29 is 13.2 Å². The maximum Gasteiger partial charge on any atom is 0.251 e. The molecule has 9 nitrogen and oxygen atoms in total. The molecule has 4 rings (SSSR count). The number of likely N-dealkylation sites (tertiary alicyclic amines) is 1. The molecule has 1 fully saturated rings. The summed E-state index contributed by atoms with van der Waals surface area (Å²) < 4.78 is 25.1. The normalized spacial score (nSPS) is 16.3. The summed E-state index contributed by atoms with van der Waals surface area (Å²) in [6.45, 7) is 6.09. The Kier molecular flexibility index (Phi) is 7.08. The van der Waals surface area contributed by atoms with Crippen LogP contribution in [-0.2, 0) is 9.84 Å². The average molecular weight is 483 g/mol. The molecular formula is C24H30N6O3S. The van der Waals surface area contributed by atoms with Gasteiger partial charge in [0, 0.05) is 24.4 Å². The predicted molar refractivity (Wildman–Crippen MR) is 131 cm³/mol. The van der Waals surface area contributed by atoms with E-state index in [2.05, 4.69) is 25.7 Å². The second kappa shape index (κ2) is 10.0. The van der Waals surface area contributed by atoms with E-state index in [4.69, 9.17) is 0 Å². The first kappa shape index (κ1) is 24.0. The number of piperidine rings is 1. The molecule has 0 aliphatic carbocycles. The zero-order valence-corrected chi connectivity index (χ0v) is 20.5. The summed E-state index contributed by atoms with van der Waals surface area (Å²) in [5, 5.41) is 14.2. The van der Waals surface area contributed by atoms with Gasteiger partial charge in [0.2, 0.25) is 0 Å². The number of carbonyl (C=O) groups is 1. The van der Waals surface area contributed by atoms with Crippen molar-refractivity contribution >= 4 is 15.7 Å². The van der Waals surface area contributed by atoms with Gasteiger partial charge in [-0.3, -0.25) is 4.79 Å². The lowest BCUT2D eigenvalue weighted by molar-refractivity contribution is 0.0926. The monoisotopic (exact) mass is 482 g/mol. The number of hydrogen-bond donors (Lipinski definition) is 1. The molecule has 1 amide bonds. The van der Waals surface area contributed by atoms with Gasteiger partial charge in [-0.1, -0.05) is 29.8 Å². The number of nitrogens with zero attached hydrogens (tertiary/aromatic N) is 5. The minimum atomic E-state index is -3.00. The maximum atomic E-state index is 13.2. The molecule has 34 heavy (non-hydrogen) atoms. The highest BCUT2D eigenvalue weighted by Crippen LogP contribution is 2.25. The summed E-state index contributed by atoms with van der Waals surface area (Å²) >= 11 is 0. The summed E-state index contributed by atoms with van der Waals surface area (Å²) in [6, 6.07) is 13.6. The Hall–Kier alpha value is -3.11. The van der Waals surface area contributed by atoms with Crippen molar-refractivity contribution in [2.75, 3.05) is 25.9 Å². The average Bonchev–Trinajstić information content (AvgIpc) is 3.34. The third-order valence-corrected chi connectivity index (χ3v) is 7.91. The van der Waals surface area contributed by atoms with Gasteiger partial charge in [0.15, 0.2) is 0 Å². The molecule has 0 spiro atoms. The van der Waals surface area contributed by atoms with Crippen LogP contribution in [0.3, 0.4) is 0 Å². The van der Waals surface area contributed by atoms with Gasteiger partial charge >= 0.3 is 0 Å². The Labute approximate surface area is 200 Å². The van der Waals surface area contributed by atoms with Gasteiger partial charge in [-0.15, -0.1) is 5.10 Å². The number of sulfone groups is 1. The highest BCUT2D eigenvalue weighted by Gasteiger charge is 2.27. The van der Waals surface area contributed by atoms with Gasteiger partial charge in [-0.2, -0.15) is 0 Å². The van der Waals surface area contributed by atoms with Gasteiger partial charge in [0.25, 0.3) is 5.91 Å². The number of nitrogens with one attached hydrogen (secondary N) is 1. The number of benzene rings is 2. The number of amides is 1. The Morgan fingerprint density at radius 1 is 1.12 bits per heavy atom. The molecule has 2 heterocycles. The van der Waals surface area contributed by atoms with Gasteiger partial charge in [0.05, 0.1) is 10.9 Å². The Bertz CT molecular complexity index is 1230. The van der Waals surface area contributed by atoms with Crippen LogP contribution in [0, 0.1) is 6.92 Å². The van der Waals surface area contributed by atoms with Crippen LogP contribution in [0.2, 0.25) is 0 Å². The molecule has 0 bridgehead atoms. The summed E-state index contributed by atoms with van der Waals surface area (Å²) in [7, 11) is -3.00. The molecule has 1 atom stereocenters. The van der Waals surface area contributed by atoms with Crippen molar-refractivity contribution in [1.29, 1.82) is 0 Å². The highest BCUT2D eigenvalue weighted by atomic mass is 32.2. The van der Waals surface area contributed by atoms with E-state index in [1.807, 2.05) is 50.2 Å². The van der Waals surface area contributed by atoms with Crippen LogP contribution in [0.1, 0.15) is 35.7 Å². The first-order valence-electron chi connectivity index (χ1n) is 11.4. The van der Waals surface area contributed by atoms with Crippen molar-refractivity contribution in [3.8, 4) is 16.8 Å². The number of carbonyl (C=O) groups excluding carboxylic acids is 1. The topological polar surface area (TPSA) is 110 Å². The van der Waals surface area contributed by atoms with E-state index >= 15 is 0 Å². The van der Waals surface area contributed by atoms with Crippen molar-refractivity contribution in [3.63, 3.8) is 0 Å². The molecule has 1 aromatic heterocycles. The van der Waals surface area contributed by atoms with Crippen molar-refractivity contribution in [3.05, 3.63) is 59.9 Å². The zero-order chi connectivity index (χ0) is 24.3. The fourth-order valence-electron chi connectivity index (χ4n) is 4.33. The molecule has 0 unspecified atom stereocenters. The molecule has 10 heteroatoms. The van der Waals surface area contributed by atoms with Crippen LogP contribution in [0.4, 0.5) is 0 Å². The lowest BCUT2D eigenvalue weighted by atomic mass is 10.0. The second-order valence-corrected chi connectivity index (χ2v) is 11.4. The van der Waals surface area contributed by atoms with Crippen molar-refractivity contribution in [2.24, 2.45) is 0 Å². The largest absolute Gasteiger partial charge is 0.348 e. The van der Waals surface area contributed by atoms with Crippen LogP contribution in [0.15, 0.2) is 48.8 Å². The Morgan fingerprint density at radius 2 is 1.82 bits per heavy atom. The first-order valence-corrected chi connectivity index (χ1v) is 13.3. The zero-order valence-electron chi connectivity index (χ0n) is 19.7. The smallest absolute Gasteiger partial charge is 0.251 e. The molecule has 1 aliphatic heterocycles. The van der Waals surface area contributed by atoms with E-state index in [1.54, 1.807) is 6.07 Å². The van der Waals surface area contributed by atoms with E-state index < -0.39 is 9.84 Å². The summed E-state index contributed by atoms with van der Waals surface area (Å²) in [5.41, 5.74) is 4.27. The molecule has 180 valence electrons. The molecular weight excluding hydrogens is 452 g/mol. The lowest BCUT2D eigenvalue weighted by Crippen LogP contribution is -2.46. The highest BCUT2D eigenvalue weighted by molar-refractivity contribution is 7.91. The molecule has 3 aromatic rings.